The standard InChI is InChI=1S/C16H24O4/c1-4-12(3)13-8-6-7-9-14(13)20-11-10-15(16(17)18)19-5-2/h6-9,12,15H,4-5,10-11H2,1-3H3,(H,17,18). The summed E-state index contributed by atoms with van der Waals surface area (Å²) in [5.74, 6) is 0.321. The molecule has 0 fully saturated rings. The summed E-state index contributed by atoms with van der Waals surface area (Å²) in [7, 11) is 0. The summed E-state index contributed by atoms with van der Waals surface area (Å²) in [4.78, 5) is 11.0. The van der Waals surface area contributed by atoms with Gasteiger partial charge in [0.2, 0.25) is 0 Å². The predicted octanol–water partition coefficient (Wildman–Crippen LogP) is 3.46. The van der Waals surface area contributed by atoms with E-state index in [-0.39, 0.29) is 0 Å². The maximum Gasteiger partial charge on any atom is 0.332 e. The molecule has 0 aliphatic carbocycles. The Morgan fingerprint density at radius 3 is 2.60 bits per heavy atom. The zero-order valence-electron chi connectivity index (χ0n) is 12.5. The molecule has 0 bridgehead atoms. The van der Waals surface area contributed by atoms with Gasteiger partial charge in [0.25, 0.3) is 0 Å². The van der Waals surface area contributed by atoms with Crippen LogP contribution in [0, 0.1) is 0 Å². The molecule has 1 aromatic carbocycles. The second-order valence-electron chi connectivity index (χ2n) is 4.77. The molecule has 0 aliphatic rings. The highest BCUT2D eigenvalue weighted by molar-refractivity contribution is 5.72. The Balaban J connectivity index is 2.59. The van der Waals surface area contributed by atoms with E-state index in [0.29, 0.717) is 25.6 Å². The average Bonchev–Trinajstić information content (AvgIpc) is 2.45. The molecule has 0 radical (unpaired) electrons. The molecule has 112 valence electrons. The third-order valence-corrected chi connectivity index (χ3v) is 3.34. The summed E-state index contributed by atoms with van der Waals surface area (Å²) in [5, 5.41) is 9.00. The fourth-order valence-electron chi connectivity index (χ4n) is 1.99. The molecule has 4 nitrogen and oxygen atoms in total. The van der Waals surface area contributed by atoms with E-state index < -0.39 is 12.1 Å². The van der Waals surface area contributed by atoms with Crippen molar-refractivity contribution in [1.29, 1.82) is 0 Å². The maximum atomic E-state index is 11.0. The predicted molar refractivity (Wildman–Crippen MR) is 78.3 cm³/mol. The molecule has 1 aromatic rings. The monoisotopic (exact) mass is 280 g/mol. The molecule has 4 heteroatoms. The molecule has 0 saturated heterocycles. The first kappa shape index (κ1) is 16.5. The Kier molecular flexibility index (Phi) is 7.09. The van der Waals surface area contributed by atoms with Crippen LogP contribution in [-0.4, -0.2) is 30.4 Å². The molecule has 0 heterocycles. The quantitative estimate of drug-likeness (QED) is 0.752. The number of ether oxygens (including phenoxy) is 2. The van der Waals surface area contributed by atoms with E-state index in [9.17, 15) is 4.79 Å². The van der Waals surface area contributed by atoms with Gasteiger partial charge in [-0.25, -0.2) is 4.79 Å². The van der Waals surface area contributed by atoms with Crippen molar-refractivity contribution in [2.75, 3.05) is 13.2 Å². The molecule has 0 aliphatic heterocycles. The number of carbonyl (C=O) groups is 1. The van der Waals surface area contributed by atoms with Crippen LogP contribution in [0.3, 0.4) is 0 Å². The molecule has 1 rings (SSSR count). The van der Waals surface area contributed by atoms with Crippen LogP contribution in [0.15, 0.2) is 24.3 Å². The maximum absolute atomic E-state index is 11.0. The largest absolute Gasteiger partial charge is 0.493 e. The molecule has 0 saturated carbocycles. The Hall–Kier alpha value is -1.55. The van der Waals surface area contributed by atoms with Gasteiger partial charge < -0.3 is 14.6 Å². The summed E-state index contributed by atoms with van der Waals surface area (Å²) in [6.45, 7) is 6.80. The van der Waals surface area contributed by atoms with Crippen LogP contribution in [0.4, 0.5) is 0 Å². The van der Waals surface area contributed by atoms with Crippen LogP contribution >= 0.6 is 0 Å². The first-order valence-electron chi connectivity index (χ1n) is 7.16. The summed E-state index contributed by atoms with van der Waals surface area (Å²) >= 11 is 0. The smallest absolute Gasteiger partial charge is 0.332 e. The number of carboxylic acid groups (broad SMARTS) is 1. The molecule has 2 atom stereocenters. The minimum Gasteiger partial charge on any atom is -0.493 e. The Bertz CT molecular complexity index is 417. The van der Waals surface area contributed by atoms with Crippen LogP contribution in [0.1, 0.15) is 45.1 Å². The third-order valence-electron chi connectivity index (χ3n) is 3.34. The highest BCUT2D eigenvalue weighted by atomic mass is 16.5. The van der Waals surface area contributed by atoms with E-state index >= 15 is 0 Å². The van der Waals surface area contributed by atoms with Crippen molar-refractivity contribution in [3.63, 3.8) is 0 Å². The first-order valence-corrected chi connectivity index (χ1v) is 7.16. The summed E-state index contributed by atoms with van der Waals surface area (Å²) < 4.78 is 10.9. The SMILES string of the molecule is CCOC(CCOc1ccccc1C(C)CC)C(=O)O. The van der Waals surface area contributed by atoms with E-state index in [2.05, 4.69) is 19.9 Å². The van der Waals surface area contributed by atoms with Gasteiger partial charge in [0.05, 0.1) is 6.61 Å². The van der Waals surface area contributed by atoms with Crippen molar-refractivity contribution < 1.29 is 19.4 Å². The lowest BCUT2D eigenvalue weighted by molar-refractivity contribution is -0.150. The van der Waals surface area contributed by atoms with Crippen LogP contribution in [0.2, 0.25) is 0 Å². The molecule has 1 N–H and O–H groups in total. The van der Waals surface area contributed by atoms with Gasteiger partial charge in [-0.2, -0.15) is 0 Å². The minimum absolute atomic E-state index is 0.338. The van der Waals surface area contributed by atoms with Crippen molar-refractivity contribution >= 4 is 5.97 Å². The molecule has 20 heavy (non-hydrogen) atoms. The lowest BCUT2D eigenvalue weighted by Crippen LogP contribution is -2.26. The van der Waals surface area contributed by atoms with Gasteiger partial charge in [-0.15, -0.1) is 0 Å². The minimum atomic E-state index is -0.939. The van der Waals surface area contributed by atoms with Crippen molar-refractivity contribution in [3.05, 3.63) is 29.8 Å². The average molecular weight is 280 g/mol. The summed E-state index contributed by atoms with van der Waals surface area (Å²) in [6, 6.07) is 7.91. The van der Waals surface area contributed by atoms with Crippen LogP contribution in [-0.2, 0) is 9.53 Å². The van der Waals surface area contributed by atoms with E-state index in [1.54, 1.807) is 6.92 Å². The van der Waals surface area contributed by atoms with Crippen molar-refractivity contribution in [2.45, 2.75) is 45.6 Å². The normalized spacial score (nSPS) is 13.8. The number of para-hydroxylation sites is 1. The topological polar surface area (TPSA) is 55.8 Å². The zero-order chi connectivity index (χ0) is 15.0. The van der Waals surface area contributed by atoms with E-state index in [0.717, 1.165) is 12.2 Å². The molecule has 2 unspecified atom stereocenters. The van der Waals surface area contributed by atoms with Gasteiger partial charge >= 0.3 is 5.97 Å². The van der Waals surface area contributed by atoms with Crippen molar-refractivity contribution in [1.82, 2.24) is 0 Å². The first-order chi connectivity index (χ1) is 9.60. The lowest BCUT2D eigenvalue weighted by Gasteiger charge is -2.17. The number of carboxylic acids is 1. The van der Waals surface area contributed by atoms with Gasteiger partial charge in [-0.05, 0) is 30.9 Å². The number of benzene rings is 1. The van der Waals surface area contributed by atoms with Gasteiger partial charge in [-0.1, -0.05) is 32.0 Å². The molecular formula is C16H24O4. The Morgan fingerprint density at radius 2 is 2.00 bits per heavy atom. The molecule has 0 spiro atoms. The molecular weight excluding hydrogens is 256 g/mol. The van der Waals surface area contributed by atoms with E-state index in [1.165, 1.54) is 5.56 Å². The van der Waals surface area contributed by atoms with Gasteiger partial charge in [-0.3, -0.25) is 0 Å². The molecule has 0 aromatic heterocycles. The van der Waals surface area contributed by atoms with Crippen molar-refractivity contribution in [2.24, 2.45) is 0 Å². The Labute approximate surface area is 120 Å². The van der Waals surface area contributed by atoms with Gasteiger partial charge in [0.1, 0.15) is 5.75 Å². The second kappa shape index (κ2) is 8.59. The fourth-order valence-corrected chi connectivity index (χ4v) is 1.99. The van der Waals surface area contributed by atoms with Crippen molar-refractivity contribution in [3.8, 4) is 5.75 Å². The van der Waals surface area contributed by atoms with E-state index in [4.69, 9.17) is 14.6 Å². The van der Waals surface area contributed by atoms with Gasteiger partial charge in [0, 0.05) is 13.0 Å². The fraction of sp³-hybridized carbons (Fsp3) is 0.562. The van der Waals surface area contributed by atoms with Crippen LogP contribution in [0.25, 0.3) is 0 Å². The highest BCUT2D eigenvalue weighted by Gasteiger charge is 2.17. The number of hydrogen-bond donors (Lipinski definition) is 1. The highest BCUT2D eigenvalue weighted by Crippen LogP contribution is 2.28. The zero-order valence-corrected chi connectivity index (χ0v) is 12.5. The summed E-state index contributed by atoms with van der Waals surface area (Å²) in [5.41, 5.74) is 1.17. The van der Waals surface area contributed by atoms with Crippen LogP contribution < -0.4 is 4.74 Å². The van der Waals surface area contributed by atoms with E-state index in [1.807, 2.05) is 18.2 Å². The second-order valence-corrected chi connectivity index (χ2v) is 4.77. The van der Waals surface area contributed by atoms with Crippen LogP contribution in [0.5, 0.6) is 5.75 Å². The van der Waals surface area contributed by atoms with Gasteiger partial charge in [0.15, 0.2) is 6.10 Å². The number of rotatable bonds is 9. The number of aliphatic carboxylic acids is 1. The molecule has 0 amide bonds. The third kappa shape index (κ3) is 4.85. The Morgan fingerprint density at radius 1 is 1.30 bits per heavy atom. The lowest BCUT2D eigenvalue weighted by atomic mass is 9.98. The number of hydrogen-bond acceptors (Lipinski definition) is 3. The summed E-state index contributed by atoms with van der Waals surface area (Å²) in [6.07, 6.45) is 0.588.